The van der Waals surface area contributed by atoms with Crippen LogP contribution in [-0.2, 0) is 5.41 Å². The van der Waals surface area contributed by atoms with Gasteiger partial charge in [-0.05, 0) is 42.0 Å². The minimum atomic E-state index is -0.354. The Labute approximate surface area is 164 Å². The molecule has 0 amide bonds. The lowest BCUT2D eigenvalue weighted by molar-refractivity contribution is 0.0944. The van der Waals surface area contributed by atoms with E-state index < -0.39 is 0 Å². The fourth-order valence-corrected chi connectivity index (χ4v) is 3.23. The Kier molecular flexibility index (Phi) is 4.62. The van der Waals surface area contributed by atoms with E-state index in [1.165, 1.54) is 4.68 Å². The Morgan fingerprint density at radius 1 is 0.893 bits per heavy atom. The predicted molar refractivity (Wildman–Crippen MR) is 110 cm³/mol. The summed E-state index contributed by atoms with van der Waals surface area (Å²) in [5.74, 6) is -0.134. The van der Waals surface area contributed by atoms with Gasteiger partial charge in [0.2, 0.25) is 0 Å². The van der Waals surface area contributed by atoms with Gasteiger partial charge in [-0.25, -0.2) is 4.68 Å². The van der Waals surface area contributed by atoms with E-state index >= 15 is 0 Å². The van der Waals surface area contributed by atoms with Crippen molar-refractivity contribution in [3.8, 4) is 11.3 Å². The zero-order valence-corrected chi connectivity index (χ0v) is 15.9. The highest BCUT2D eigenvalue weighted by atomic mass is 16.2. The van der Waals surface area contributed by atoms with Crippen LogP contribution in [0.1, 0.15) is 35.5 Å². The molecule has 4 heteroatoms. The van der Waals surface area contributed by atoms with Crippen LogP contribution in [0.2, 0.25) is 0 Å². The van der Waals surface area contributed by atoms with Gasteiger partial charge in [-0.2, -0.15) is 5.10 Å². The van der Waals surface area contributed by atoms with Gasteiger partial charge in [0.1, 0.15) is 0 Å². The smallest absolute Gasteiger partial charge is 0.267 e. The van der Waals surface area contributed by atoms with Crippen molar-refractivity contribution in [1.29, 1.82) is 0 Å². The van der Waals surface area contributed by atoms with E-state index in [2.05, 4.69) is 42.1 Å². The maximum absolute atomic E-state index is 12.7. The standard InChI is InChI=1S/C24H21N3O/c1-24(2,20-12-8-11-19(17-20)21-13-6-7-15-25-21)22-14-16-27(26-22)23(28)18-9-4-3-5-10-18/h3-17H,1-2H3. The number of carbonyl (C=O) groups is 1. The summed E-state index contributed by atoms with van der Waals surface area (Å²) in [7, 11) is 0. The van der Waals surface area contributed by atoms with Crippen molar-refractivity contribution in [2.45, 2.75) is 19.3 Å². The molecule has 0 unspecified atom stereocenters. The largest absolute Gasteiger partial charge is 0.278 e. The molecule has 0 spiro atoms. The number of hydrogen-bond donors (Lipinski definition) is 0. The first kappa shape index (κ1) is 17.9. The summed E-state index contributed by atoms with van der Waals surface area (Å²) in [4.78, 5) is 17.1. The lowest BCUT2D eigenvalue weighted by Gasteiger charge is -2.23. The van der Waals surface area contributed by atoms with Crippen molar-refractivity contribution in [3.63, 3.8) is 0 Å². The predicted octanol–water partition coefficient (Wildman–Crippen LogP) is 4.96. The lowest BCUT2D eigenvalue weighted by atomic mass is 9.81. The first-order valence-corrected chi connectivity index (χ1v) is 9.23. The highest BCUT2D eigenvalue weighted by molar-refractivity contribution is 5.95. The Morgan fingerprint density at radius 2 is 1.68 bits per heavy atom. The molecule has 0 N–H and O–H groups in total. The van der Waals surface area contributed by atoms with Gasteiger partial charge in [0.05, 0.1) is 11.4 Å². The van der Waals surface area contributed by atoms with Gasteiger partial charge < -0.3 is 0 Å². The molecule has 2 aromatic heterocycles. The molecule has 4 nitrogen and oxygen atoms in total. The zero-order chi connectivity index (χ0) is 19.6. The van der Waals surface area contributed by atoms with Crippen molar-refractivity contribution in [2.24, 2.45) is 0 Å². The molecule has 28 heavy (non-hydrogen) atoms. The van der Waals surface area contributed by atoms with Crippen LogP contribution in [0.25, 0.3) is 11.3 Å². The summed E-state index contributed by atoms with van der Waals surface area (Å²) in [6.07, 6.45) is 3.53. The molecule has 2 heterocycles. The molecule has 0 atom stereocenters. The van der Waals surface area contributed by atoms with E-state index in [4.69, 9.17) is 0 Å². The van der Waals surface area contributed by atoms with E-state index in [-0.39, 0.29) is 11.3 Å². The average molecular weight is 367 g/mol. The molecule has 2 aromatic carbocycles. The Hall–Kier alpha value is -3.53. The Balaban J connectivity index is 1.66. The topological polar surface area (TPSA) is 47.8 Å². The number of carbonyl (C=O) groups excluding carboxylic acids is 1. The van der Waals surface area contributed by atoms with Crippen LogP contribution in [0.5, 0.6) is 0 Å². The van der Waals surface area contributed by atoms with E-state index in [0.29, 0.717) is 5.56 Å². The Bertz CT molecular complexity index is 1100. The maximum atomic E-state index is 12.7. The molecule has 0 bridgehead atoms. The van der Waals surface area contributed by atoms with Gasteiger partial charge in [-0.1, -0.05) is 56.3 Å². The normalized spacial score (nSPS) is 11.4. The fraction of sp³-hybridized carbons (Fsp3) is 0.125. The van der Waals surface area contributed by atoms with Crippen molar-refractivity contribution in [3.05, 3.63) is 108 Å². The van der Waals surface area contributed by atoms with Crippen molar-refractivity contribution in [2.75, 3.05) is 0 Å². The SMILES string of the molecule is CC(C)(c1cccc(-c2ccccn2)c1)c1ccn(C(=O)c2ccccc2)n1. The maximum Gasteiger partial charge on any atom is 0.278 e. The average Bonchev–Trinajstić information content (AvgIpc) is 3.26. The highest BCUT2D eigenvalue weighted by Gasteiger charge is 2.27. The third-order valence-electron chi connectivity index (χ3n) is 5.00. The van der Waals surface area contributed by atoms with Crippen molar-refractivity contribution in [1.82, 2.24) is 14.8 Å². The number of rotatable bonds is 4. The molecule has 0 saturated carbocycles. The summed E-state index contributed by atoms with van der Waals surface area (Å²) < 4.78 is 1.41. The van der Waals surface area contributed by atoms with Gasteiger partial charge in [0.25, 0.3) is 5.91 Å². The second-order valence-corrected chi connectivity index (χ2v) is 7.24. The summed E-state index contributed by atoms with van der Waals surface area (Å²) in [5, 5.41) is 4.59. The number of aromatic nitrogens is 3. The molecular weight excluding hydrogens is 346 g/mol. The number of benzene rings is 2. The van der Waals surface area contributed by atoms with E-state index in [0.717, 1.165) is 22.5 Å². The summed E-state index contributed by atoms with van der Waals surface area (Å²) >= 11 is 0. The minimum Gasteiger partial charge on any atom is -0.267 e. The molecule has 0 saturated heterocycles. The van der Waals surface area contributed by atoms with Crippen LogP contribution >= 0.6 is 0 Å². The van der Waals surface area contributed by atoms with Gasteiger partial charge in [0, 0.05) is 28.9 Å². The quantitative estimate of drug-likeness (QED) is 0.512. The highest BCUT2D eigenvalue weighted by Crippen LogP contribution is 2.32. The molecular formula is C24H21N3O. The second-order valence-electron chi connectivity index (χ2n) is 7.24. The summed E-state index contributed by atoms with van der Waals surface area (Å²) in [6.45, 7) is 4.23. The molecule has 0 aliphatic rings. The van der Waals surface area contributed by atoms with Crippen LogP contribution in [-0.4, -0.2) is 20.7 Å². The number of hydrogen-bond acceptors (Lipinski definition) is 3. The molecule has 0 aliphatic heterocycles. The molecule has 0 radical (unpaired) electrons. The fourth-order valence-electron chi connectivity index (χ4n) is 3.23. The second kappa shape index (κ2) is 7.24. The van der Waals surface area contributed by atoms with Crippen LogP contribution in [0.3, 0.4) is 0 Å². The number of pyridine rings is 1. The summed E-state index contributed by atoms with van der Waals surface area (Å²) in [5.41, 5.74) is 4.22. The molecule has 4 aromatic rings. The van der Waals surface area contributed by atoms with Crippen molar-refractivity contribution < 1.29 is 4.79 Å². The summed E-state index contributed by atoms with van der Waals surface area (Å²) in [6, 6.07) is 25.3. The van der Waals surface area contributed by atoms with Crippen LogP contribution in [0.15, 0.2) is 91.3 Å². The molecule has 0 fully saturated rings. The van der Waals surface area contributed by atoms with E-state index in [1.807, 2.05) is 48.5 Å². The first-order chi connectivity index (χ1) is 13.6. The molecule has 0 aliphatic carbocycles. The number of nitrogens with zero attached hydrogens (tertiary/aromatic N) is 3. The minimum absolute atomic E-state index is 0.134. The van der Waals surface area contributed by atoms with Crippen LogP contribution < -0.4 is 0 Å². The third-order valence-corrected chi connectivity index (χ3v) is 5.00. The third kappa shape index (κ3) is 3.37. The molecule has 4 rings (SSSR count). The van der Waals surface area contributed by atoms with Gasteiger partial charge in [-0.15, -0.1) is 0 Å². The molecule has 138 valence electrons. The Morgan fingerprint density at radius 3 is 2.43 bits per heavy atom. The van der Waals surface area contributed by atoms with Crippen molar-refractivity contribution >= 4 is 5.91 Å². The van der Waals surface area contributed by atoms with Crippen LogP contribution in [0, 0.1) is 0 Å². The van der Waals surface area contributed by atoms with Gasteiger partial charge in [0.15, 0.2) is 0 Å². The lowest BCUT2D eigenvalue weighted by Crippen LogP contribution is -2.21. The zero-order valence-electron chi connectivity index (χ0n) is 15.9. The van der Waals surface area contributed by atoms with E-state index in [1.54, 1.807) is 24.5 Å². The monoisotopic (exact) mass is 367 g/mol. The first-order valence-electron chi connectivity index (χ1n) is 9.23. The van der Waals surface area contributed by atoms with Gasteiger partial charge >= 0.3 is 0 Å². The van der Waals surface area contributed by atoms with E-state index in [9.17, 15) is 4.79 Å². The van der Waals surface area contributed by atoms with Crippen LogP contribution in [0.4, 0.5) is 0 Å². The van der Waals surface area contributed by atoms with Gasteiger partial charge in [-0.3, -0.25) is 9.78 Å².